The van der Waals surface area contributed by atoms with Crippen LogP contribution in [0.5, 0.6) is 5.75 Å². The molecule has 39 heavy (non-hydrogen) atoms. The highest BCUT2D eigenvalue weighted by Crippen LogP contribution is 2.40. The lowest BCUT2D eigenvalue weighted by Gasteiger charge is -2.27. The van der Waals surface area contributed by atoms with E-state index < -0.39 is 11.9 Å². The van der Waals surface area contributed by atoms with Crippen LogP contribution in [0.3, 0.4) is 0 Å². The van der Waals surface area contributed by atoms with E-state index in [9.17, 15) is 18.0 Å². The summed E-state index contributed by atoms with van der Waals surface area (Å²) < 4.78 is 49.9. The smallest absolute Gasteiger partial charge is 0.433 e. The summed E-state index contributed by atoms with van der Waals surface area (Å²) in [7, 11) is 3.40. The maximum Gasteiger partial charge on any atom is 0.433 e. The van der Waals surface area contributed by atoms with Crippen molar-refractivity contribution in [2.75, 3.05) is 13.7 Å². The van der Waals surface area contributed by atoms with Crippen LogP contribution in [-0.2, 0) is 19.8 Å². The van der Waals surface area contributed by atoms with Crippen molar-refractivity contribution < 1.29 is 22.7 Å². The van der Waals surface area contributed by atoms with E-state index in [-0.39, 0.29) is 18.0 Å². The maximum absolute atomic E-state index is 13.5. The first-order chi connectivity index (χ1) is 18.6. The molecule has 1 aromatic carbocycles. The van der Waals surface area contributed by atoms with Crippen molar-refractivity contribution in [2.45, 2.75) is 50.5 Å². The standard InChI is InChI=1S/C28H29F3N6O2/c1-35-24-18(9-17(11-21(24)39-2)27(38)37-13-16-5-7-19(37)23(16)32)33-26(35)20-10-15-6-8-22(28(29,30)31)34-25(15)36(20)12-14-3-4-14/h6,8-11,14,16,19,23H,3-5,7,12-13,32H2,1-2H3/t16-,19-,23-/m1/s1. The van der Waals surface area contributed by atoms with Crippen LogP contribution in [0.15, 0.2) is 30.3 Å². The van der Waals surface area contributed by atoms with Crippen LogP contribution in [0.4, 0.5) is 13.2 Å². The summed E-state index contributed by atoms with van der Waals surface area (Å²) in [6.07, 6.45) is -0.504. The van der Waals surface area contributed by atoms with Gasteiger partial charge in [-0.2, -0.15) is 13.2 Å². The maximum atomic E-state index is 13.5. The van der Waals surface area contributed by atoms with Gasteiger partial charge in [-0.25, -0.2) is 9.97 Å². The van der Waals surface area contributed by atoms with Crippen LogP contribution < -0.4 is 10.5 Å². The largest absolute Gasteiger partial charge is 0.494 e. The van der Waals surface area contributed by atoms with Gasteiger partial charge in [-0.3, -0.25) is 4.79 Å². The molecule has 7 rings (SSSR count). The number of nitrogens with two attached hydrogens (primary N) is 1. The quantitative estimate of drug-likeness (QED) is 0.402. The number of alkyl halides is 3. The number of carbonyl (C=O) groups excluding carboxylic acids is 1. The Kier molecular flexibility index (Phi) is 5.29. The van der Waals surface area contributed by atoms with Crippen molar-refractivity contribution >= 4 is 28.0 Å². The third-order valence-corrected chi connectivity index (χ3v) is 8.72. The number of hydrogen-bond donors (Lipinski definition) is 1. The number of methoxy groups -OCH3 is 1. The Morgan fingerprint density at radius 3 is 2.56 bits per heavy atom. The van der Waals surface area contributed by atoms with Gasteiger partial charge in [-0.15, -0.1) is 0 Å². The number of aromatic nitrogens is 4. The van der Waals surface area contributed by atoms with Crippen LogP contribution in [0.2, 0.25) is 0 Å². The summed E-state index contributed by atoms with van der Waals surface area (Å²) >= 11 is 0. The summed E-state index contributed by atoms with van der Waals surface area (Å²) in [4.78, 5) is 24.3. The van der Waals surface area contributed by atoms with Gasteiger partial charge in [0.2, 0.25) is 0 Å². The number of amides is 1. The van der Waals surface area contributed by atoms with Crippen molar-refractivity contribution in [1.29, 1.82) is 0 Å². The molecule has 2 aliphatic carbocycles. The van der Waals surface area contributed by atoms with Crippen LogP contribution in [0.1, 0.15) is 41.7 Å². The van der Waals surface area contributed by atoms with E-state index in [4.69, 9.17) is 15.5 Å². The highest BCUT2D eigenvalue weighted by molar-refractivity contribution is 6.00. The molecule has 0 radical (unpaired) electrons. The number of rotatable bonds is 5. The number of nitrogens with zero attached hydrogens (tertiary/aromatic N) is 5. The predicted octanol–water partition coefficient (Wildman–Crippen LogP) is 4.59. The zero-order valence-corrected chi connectivity index (χ0v) is 21.7. The Balaban J connectivity index is 1.35. The summed E-state index contributed by atoms with van der Waals surface area (Å²) in [5.74, 6) is 1.73. The minimum absolute atomic E-state index is 0.0147. The average Bonchev–Trinajstić information content (AvgIpc) is 3.31. The average molecular weight is 539 g/mol. The van der Waals surface area contributed by atoms with E-state index in [1.165, 1.54) is 6.07 Å². The number of ether oxygens (including phenoxy) is 1. The molecule has 0 unspecified atom stereocenters. The predicted molar refractivity (Wildman–Crippen MR) is 139 cm³/mol. The van der Waals surface area contributed by atoms with E-state index in [1.807, 2.05) is 27.1 Å². The topological polar surface area (TPSA) is 91.2 Å². The number of piperidine rings is 1. The lowest BCUT2D eigenvalue weighted by atomic mass is 10.1. The Hall–Kier alpha value is -3.60. The molecule has 0 spiro atoms. The highest BCUT2D eigenvalue weighted by atomic mass is 19.4. The molecular weight excluding hydrogens is 509 g/mol. The van der Waals surface area contributed by atoms with Crippen molar-refractivity contribution in [3.8, 4) is 17.3 Å². The van der Waals surface area contributed by atoms with Crippen LogP contribution >= 0.6 is 0 Å². The summed E-state index contributed by atoms with van der Waals surface area (Å²) in [5.41, 5.74) is 8.17. The Morgan fingerprint density at radius 2 is 1.92 bits per heavy atom. The van der Waals surface area contributed by atoms with Gasteiger partial charge in [0.05, 0.1) is 18.3 Å². The lowest BCUT2D eigenvalue weighted by Crippen LogP contribution is -2.41. The molecule has 2 bridgehead atoms. The summed E-state index contributed by atoms with van der Waals surface area (Å²) in [6.45, 7) is 1.22. The first-order valence-corrected chi connectivity index (χ1v) is 13.3. The molecule has 204 valence electrons. The van der Waals surface area contributed by atoms with Crippen LogP contribution in [0.25, 0.3) is 33.6 Å². The first kappa shape index (κ1) is 24.4. The number of aryl methyl sites for hydroxylation is 1. The number of likely N-dealkylation sites (tertiary alicyclic amines) is 1. The molecule has 1 amide bonds. The number of hydrogen-bond acceptors (Lipinski definition) is 5. The Labute approximate surface area is 222 Å². The van der Waals surface area contributed by atoms with E-state index >= 15 is 0 Å². The SMILES string of the molecule is COc1cc(C(=O)N2C[C@H]3CC[C@@H]2[C@@H]3N)cc2nc(-c3cc4ccc(C(F)(F)F)nc4n3CC3CC3)n(C)c12. The third-order valence-electron chi connectivity index (χ3n) is 8.72. The van der Waals surface area contributed by atoms with E-state index in [2.05, 4.69) is 4.98 Å². The Morgan fingerprint density at radius 1 is 1.13 bits per heavy atom. The monoisotopic (exact) mass is 538 g/mol. The van der Waals surface area contributed by atoms with Gasteiger partial charge in [0.1, 0.15) is 22.6 Å². The van der Waals surface area contributed by atoms with Gasteiger partial charge in [-0.1, -0.05) is 0 Å². The molecule has 8 nitrogen and oxygen atoms in total. The van der Waals surface area contributed by atoms with Crippen LogP contribution in [0, 0.1) is 11.8 Å². The van der Waals surface area contributed by atoms with E-state index in [0.717, 1.165) is 31.7 Å². The van der Waals surface area contributed by atoms with Gasteiger partial charge in [0.15, 0.2) is 5.82 Å². The van der Waals surface area contributed by atoms with Crippen molar-refractivity contribution in [2.24, 2.45) is 24.6 Å². The zero-order chi connectivity index (χ0) is 27.2. The summed E-state index contributed by atoms with van der Waals surface area (Å²) in [5, 5.41) is 0.619. The van der Waals surface area contributed by atoms with Crippen LogP contribution in [-0.4, -0.2) is 55.6 Å². The van der Waals surface area contributed by atoms with Gasteiger partial charge in [0, 0.05) is 43.2 Å². The first-order valence-electron chi connectivity index (χ1n) is 13.3. The zero-order valence-electron chi connectivity index (χ0n) is 21.7. The van der Waals surface area contributed by atoms with Crippen molar-refractivity contribution in [1.82, 2.24) is 24.0 Å². The number of imidazole rings is 1. The van der Waals surface area contributed by atoms with Gasteiger partial charge in [0.25, 0.3) is 5.91 Å². The fraction of sp³-hybridized carbons (Fsp3) is 0.464. The molecule has 2 saturated carbocycles. The molecule has 2 N–H and O–H groups in total. The van der Waals surface area contributed by atoms with Gasteiger partial charge < -0.3 is 24.5 Å². The van der Waals surface area contributed by atoms with Gasteiger partial charge >= 0.3 is 6.18 Å². The summed E-state index contributed by atoms with van der Waals surface area (Å²) in [6, 6.07) is 7.90. The Bertz CT molecular complexity index is 1640. The molecule has 3 aromatic heterocycles. The second-order valence-electron chi connectivity index (χ2n) is 11.2. The van der Waals surface area contributed by atoms with E-state index in [1.54, 1.807) is 19.2 Å². The van der Waals surface area contributed by atoms with Crippen molar-refractivity contribution in [3.63, 3.8) is 0 Å². The molecule has 1 saturated heterocycles. The van der Waals surface area contributed by atoms with E-state index in [0.29, 0.717) is 69.8 Å². The number of pyridine rings is 1. The highest BCUT2D eigenvalue weighted by Gasteiger charge is 2.47. The fourth-order valence-electron chi connectivity index (χ4n) is 6.48. The third kappa shape index (κ3) is 3.81. The molecule has 3 fully saturated rings. The number of halogens is 3. The molecular formula is C28H29F3N6O2. The van der Waals surface area contributed by atoms with Crippen molar-refractivity contribution in [3.05, 3.63) is 41.6 Å². The number of carbonyl (C=O) groups is 1. The van der Waals surface area contributed by atoms with Gasteiger partial charge in [-0.05, 0) is 67.9 Å². The molecule has 4 heterocycles. The minimum Gasteiger partial charge on any atom is -0.494 e. The molecule has 3 atom stereocenters. The second kappa shape index (κ2) is 8.45. The molecule has 3 aliphatic rings. The second-order valence-corrected chi connectivity index (χ2v) is 11.2. The molecule has 1 aliphatic heterocycles. The normalized spacial score (nSPS) is 22.9. The number of benzene rings is 1. The molecule has 4 aromatic rings. The fourth-order valence-corrected chi connectivity index (χ4v) is 6.48. The molecule has 11 heteroatoms. The minimum atomic E-state index is -4.53. The lowest BCUT2D eigenvalue weighted by molar-refractivity contribution is -0.141. The number of fused-ring (bicyclic) bond motifs is 4.